The molecule has 0 aromatic heterocycles. The number of methoxy groups -OCH3 is 1. The second kappa shape index (κ2) is 6.33. The van der Waals surface area contributed by atoms with E-state index in [1.165, 1.54) is 0 Å². The molecule has 0 saturated heterocycles. The Hall–Kier alpha value is -1.28. The van der Waals surface area contributed by atoms with Gasteiger partial charge in [0, 0.05) is 0 Å². The fraction of sp³-hybridized carbons (Fsp3) is 0.429. The summed E-state index contributed by atoms with van der Waals surface area (Å²) in [6.45, 7) is 6.12. The Morgan fingerprint density at radius 1 is 1.06 bits per heavy atom. The van der Waals surface area contributed by atoms with Gasteiger partial charge in [-0.2, -0.15) is 0 Å². The van der Waals surface area contributed by atoms with Gasteiger partial charge in [-0.3, -0.25) is 0 Å². The highest BCUT2D eigenvalue weighted by molar-refractivity contribution is 5.50. The van der Waals surface area contributed by atoms with E-state index in [-0.39, 0.29) is 12.2 Å². The smallest absolute Gasteiger partial charge is 0.118 e. The van der Waals surface area contributed by atoms with E-state index in [9.17, 15) is 0 Å². The fourth-order valence-corrected chi connectivity index (χ4v) is 1.44. The molecule has 0 aliphatic carbocycles. The van der Waals surface area contributed by atoms with Crippen molar-refractivity contribution in [3.05, 3.63) is 35.9 Å². The first kappa shape index (κ1) is 12.8. The second-order valence-electron chi connectivity index (χ2n) is 4.02. The third-order valence-corrected chi connectivity index (χ3v) is 2.16. The molecule has 0 radical (unpaired) electrons. The van der Waals surface area contributed by atoms with Crippen LogP contribution in [0.2, 0.25) is 0 Å². The first-order valence-electron chi connectivity index (χ1n) is 5.59. The second-order valence-corrected chi connectivity index (χ2v) is 4.02. The van der Waals surface area contributed by atoms with E-state index in [4.69, 9.17) is 9.47 Å². The molecule has 0 saturated carbocycles. The summed E-state index contributed by atoms with van der Waals surface area (Å²) < 4.78 is 10.7. The van der Waals surface area contributed by atoms with Crippen LogP contribution in [0.4, 0.5) is 0 Å². The first-order chi connectivity index (χ1) is 7.61. The lowest BCUT2D eigenvalue weighted by Crippen LogP contribution is -2.11. The predicted molar refractivity (Wildman–Crippen MR) is 67.7 cm³/mol. The van der Waals surface area contributed by atoms with Crippen molar-refractivity contribution in [1.29, 1.82) is 0 Å². The monoisotopic (exact) mass is 220 g/mol. The van der Waals surface area contributed by atoms with Crippen molar-refractivity contribution < 1.29 is 9.47 Å². The van der Waals surface area contributed by atoms with Crippen molar-refractivity contribution in [3.63, 3.8) is 0 Å². The summed E-state index contributed by atoms with van der Waals surface area (Å²) in [7, 11) is 1.67. The topological polar surface area (TPSA) is 18.5 Å². The molecule has 2 nitrogen and oxygen atoms in total. The van der Waals surface area contributed by atoms with E-state index in [2.05, 4.69) is 12.2 Å². The summed E-state index contributed by atoms with van der Waals surface area (Å²) >= 11 is 0. The van der Waals surface area contributed by atoms with E-state index in [0.717, 1.165) is 11.3 Å². The van der Waals surface area contributed by atoms with E-state index < -0.39 is 0 Å². The average Bonchev–Trinajstić information content (AvgIpc) is 2.26. The highest BCUT2D eigenvalue weighted by atomic mass is 16.5. The number of rotatable bonds is 5. The van der Waals surface area contributed by atoms with E-state index in [1.807, 2.05) is 45.0 Å². The minimum absolute atomic E-state index is 0.141. The minimum atomic E-state index is 0.141. The largest absolute Gasteiger partial charge is 0.497 e. The van der Waals surface area contributed by atoms with Crippen molar-refractivity contribution in [2.45, 2.75) is 33.0 Å². The Morgan fingerprint density at radius 3 is 2.19 bits per heavy atom. The van der Waals surface area contributed by atoms with Crippen LogP contribution < -0.4 is 4.74 Å². The van der Waals surface area contributed by atoms with Crippen molar-refractivity contribution >= 4 is 6.08 Å². The SMILES string of the molecule is COc1ccc(/C=C/C(C)OC(C)C)cc1. The molecule has 0 aliphatic rings. The van der Waals surface area contributed by atoms with Gasteiger partial charge in [0.2, 0.25) is 0 Å². The van der Waals surface area contributed by atoms with Crippen LogP contribution in [0.15, 0.2) is 30.3 Å². The molecule has 0 bridgehead atoms. The lowest BCUT2D eigenvalue weighted by molar-refractivity contribution is 0.0465. The van der Waals surface area contributed by atoms with Crippen LogP contribution in [0.5, 0.6) is 5.75 Å². The molecule has 0 spiro atoms. The maximum atomic E-state index is 5.61. The highest BCUT2D eigenvalue weighted by Crippen LogP contribution is 2.13. The zero-order valence-corrected chi connectivity index (χ0v) is 10.4. The van der Waals surface area contributed by atoms with Crippen molar-refractivity contribution in [1.82, 2.24) is 0 Å². The third-order valence-electron chi connectivity index (χ3n) is 2.16. The normalized spacial score (nSPS) is 13.3. The first-order valence-corrected chi connectivity index (χ1v) is 5.59. The van der Waals surface area contributed by atoms with Crippen LogP contribution in [-0.2, 0) is 4.74 Å². The molecule has 0 amide bonds. The van der Waals surface area contributed by atoms with Gasteiger partial charge in [-0.05, 0) is 38.5 Å². The Bertz CT molecular complexity index is 325. The van der Waals surface area contributed by atoms with Crippen LogP contribution in [-0.4, -0.2) is 19.3 Å². The summed E-state index contributed by atoms with van der Waals surface area (Å²) in [5.41, 5.74) is 1.15. The minimum Gasteiger partial charge on any atom is -0.497 e. The molecule has 0 fully saturated rings. The summed E-state index contributed by atoms with van der Waals surface area (Å²) in [6, 6.07) is 7.95. The van der Waals surface area contributed by atoms with Crippen molar-refractivity contribution in [2.24, 2.45) is 0 Å². The van der Waals surface area contributed by atoms with Crippen molar-refractivity contribution in [2.75, 3.05) is 7.11 Å². The number of hydrogen-bond acceptors (Lipinski definition) is 2. The van der Waals surface area contributed by atoms with Crippen molar-refractivity contribution in [3.8, 4) is 5.75 Å². The van der Waals surface area contributed by atoms with Gasteiger partial charge in [0.1, 0.15) is 5.75 Å². The van der Waals surface area contributed by atoms with Crippen LogP contribution in [0.1, 0.15) is 26.3 Å². The lowest BCUT2D eigenvalue weighted by atomic mass is 10.2. The molecule has 1 atom stereocenters. The van der Waals surface area contributed by atoms with Gasteiger partial charge in [-0.25, -0.2) is 0 Å². The number of benzene rings is 1. The van der Waals surface area contributed by atoms with Crippen LogP contribution in [0, 0.1) is 0 Å². The average molecular weight is 220 g/mol. The van der Waals surface area contributed by atoms with Gasteiger partial charge >= 0.3 is 0 Å². The molecule has 0 N–H and O–H groups in total. The summed E-state index contributed by atoms with van der Waals surface area (Å²) in [4.78, 5) is 0. The predicted octanol–water partition coefficient (Wildman–Crippen LogP) is 3.52. The maximum absolute atomic E-state index is 5.61. The van der Waals surface area contributed by atoms with Crippen LogP contribution in [0.25, 0.3) is 6.08 Å². The fourth-order valence-electron chi connectivity index (χ4n) is 1.44. The van der Waals surface area contributed by atoms with E-state index in [0.29, 0.717) is 0 Å². The van der Waals surface area contributed by atoms with E-state index >= 15 is 0 Å². The van der Waals surface area contributed by atoms with Gasteiger partial charge in [-0.15, -0.1) is 0 Å². The molecule has 1 aromatic rings. The Labute approximate surface area is 97.9 Å². The Balaban J connectivity index is 2.55. The highest BCUT2D eigenvalue weighted by Gasteiger charge is 1.99. The maximum Gasteiger partial charge on any atom is 0.118 e. The van der Waals surface area contributed by atoms with Gasteiger partial charge in [0.05, 0.1) is 19.3 Å². The molecule has 0 heterocycles. The molecule has 88 valence electrons. The quantitative estimate of drug-likeness (QED) is 0.756. The Morgan fingerprint density at radius 2 is 1.69 bits per heavy atom. The number of hydrogen-bond donors (Lipinski definition) is 0. The molecule has 2 heteroatoms. The van der Waals surface area contributed by atoms with E-state index in [1.54, 1.807) is 7.11 Å². The molecule has 0 aliphatic heterocycles. The van der Waals surface area contributed by atoms with Crippen LogP contribution in [0.3, 0.4) is 0 Å². The summed E-state index contributed by atoms with van der Waals surface area (Å²) in [6.07, 6.45) is 4.52. The zero-order chi connectivity index (χ0) is 12.0. The molecular weight excluding hydrogens is 200 g/mol. The summed E-state index contributed by atoms with van der Waals surface area (Å²) in [5, 5.41) is 0. The standard InChI is InChI=1S/C14H20O2/c1-11(2)16-12(3)5-6-13-7-9-14(15-4)10-8-13/h5-12H,1-4H3/b6-5+. The lowest BCUT2D eigenvalue weighted by Gasteiger charge is -2.11. The molecule has 1 unspecified atom stereocenters. The molecule has 1 aromatic carbocycles. The van der Waals surface area contributed by atoms with Gasteiger partial charge in [0.25, 0.3) is 0 Å². The Kier molecular flexibility index (Phi) is 5.06. The number of ether oxygens (including phenoxy) is 2. The zero-order valence-electron chi connectivity index (χ0n) is 10.4. The molecular formula is C14H20O2. The van der Waals surface area contributed by atoms with Gasteiger partial charge < -0.3 is 9.47 Å². The molecule has 16 heavy (non-hydrogen) atoms. The summed E-state index contributed by atoms with van der Waals surface area (Å²) in [5.74, 6) is 0.878. The third kappa shape index (κ3) is 4.49. The van der Waals surface area contributed by atoms with Crippen LogP contribution >= 0.6 is 0 Å². The molecule has 1 rings (SSSR count). The van der Waals surface area contributed by atoms with Gasteiger partial charge in [-0.1, -0.05) is 24.3 Å². The van der Waals surface area contributed by atoms with Gasteiger partial charge in [0.15, 0.2) is 0 Å².